The third-order valence-electron chi connectivity index (χ3n) is 18.9. The Morgan fingerprint density at radius 3 is 2.01 bits per heavy atom. The molecule has 0 spiro atoms. The summed E-state index contributed by atoms with van der Waals surface area (Å²) in [6.45, 7) is 10.3. The molecule has 3 saturated carbocycles. The van der Waals surface area contributed by atoms with Crippen molar-refractivity contribution >= 4 is 0 Å². The van der Waals surface area contributed by atoms with Crippen LogP contribution in [0.4, 0.5) is 0 Å². The fourth-order valence-electron chi connectivity index (χ4n) is 14.6. The number of allylic oxidation sites excluding steroid dienone is 1. The number of aliphatic hydroxyl groups is 14. The molecule has 0 unspecified atom stereocenters. The third-order valence-corrected chi connectivity index (χ3v) is 18.9. The van der Waals surface area contributed by atoms with E-state index in [-0.39, 0.29) is 67.2 Å². The van der Waals surface area contributed by atoms with E-state index in [9.17, 15) is 71.5 Å². The first-order valence-electron chi connectivity index (χ1n) is 26.1. The standard InChI is InChI=1S/C50H80O23/c1-19(17-65-44-39(61)37(59)35(57)29(15-51)68-44)8-11-50(64)20(2)32-28(73-50)14-26-24-7-6-22-12-23(53)13-31(49(22,5)25(24)9-10-48(26,32)4)70-47-43(34(56)27(54)18-66-47)72-46-41(63)42(33(55)21(3)67-46)71-45-40(62)38(60)36(58)30(16-52)69-45/h6,20-21,23-47,51-64H,1,7-18H2,2-5H3/t20-,21+,23-,24-,25+,26+,27-,28+,29-,30-,31-,32+,33+,34-,35+,36+,37-,38+,39+,40+,41-,42+,43-,44-,45+,46+,47+,48+,49+,50-/m1/s1. The maximum atomic E-state index is 12.1. The lowest BCUT2D eigenvalue weighted by molar-refractivity contribution is -0.381. The molecule has 4 aliphatic carbocycles. The number of fused-ring (bicyclic) bond motifs is 7. The second kappa shape index (κ2) is 21.7. The van der Waals surface area contributed by atoms with E-state index in [1.165, 1.54) is 6.92 Å². The monoisotopic (exact) mass is 1050 g/mol. The number of rotatable bonds is 14. The van der Waals surface area contributed by atoms with Gasteiger partial charge in [-0.2, -0.15) is 0 Å². The van der Waals surface area contributed by atoms with Crippen molar-refractivity contribution in [3.63, 3.8) is 0 Å². The van der Waals surface area contributed by atoms with Gasteiger partial charge in [0.15, 0.2) is 30.9 Å². The summed E-state index contributed by atoms with van der Waals surface area (Å²) in [7, 11) is 0. The van der Waals surface area contributed by atoms with Crippen molar-refractivity contribution in [2.75, 3.05) is 26.4 Å². The molecule has 5 heterocycles. The smallest absolute Gasteiger partial charge is 0.187 e. The van der Waals surface area contributed by atoms with Crippen molar-refractivity contribution in [1.29, 1.82) is 0 Å². The Morgan fingerprint density at radius 2 is 1.34 bits per heavy atom. The molecule has 30 atom stereocenters. The molecule has 0 aromatic heterocycles. The van der Waals surface area contributed by atoms with Crippen LogP contribution >= 0.6 is 0 Å². The zero-order chi connectivity index (χ0) is 52.8. The van der Waals surface area contributed by atoms with Crippen molar-refractivity contribution in [3.05, 3.63) is 23.8 Å². The van der Waals surface area contributed by atoms with Crippen LogP contribution in [0.3, 0.4) is 0 Å². The average molecular weight is 1050 g/mol. The summed E-state index contributed by atoms with van der Waals surface area (Å²) in [6.07, 6.45) is -24.3. The quantitative estimate of drug-likeness (QED) is 0.0752. The summed E-state index contributed by atoms with van der Waals surface area (Å²) in [4.78, 5) is 0. The van der Waals surface area contributed by atoms with Gasteiger partial charge < -0.3 is 114 Å². The third kappa shape index (κ3) is 9.95. The fraction of sp³-hybridized carbons (Fsp3) is 0.920. The Bertz CT molecular complexity index is 1950. The van der Waals surface area contributed by atoms with Gasteiger partial charge in [-0.1, -0.05) is 44.6 Å². The van der Waals surface area contributed by atoms with Crippen molar-refractivity contribution < 1.29 is 114 Å². The van der Waals surface area contributed by atoms with Crippen LogP contribution in [0.2, 0.25) is 0 Å². The first-order valence-corrected chi connectivity index (χ1v) is 26.1. The molecule has 0 aromatic carbocycles. The van der Waals surface area contributed by atoms with Crippen LogP contribution in [0.25, 0.3) is 0 Å². The van der Waals surface area contributed by atoms with Crippen molar-refractivity contribution in [2.24, 2.45) is 40.4 Å². The van der Waals surface area contributed by atoms with E-state index in [2.05, 4.69) is 26.5 Å². The van der Waals surface area contributed by atoms with E-state index in [0.29, 0.717) is 24.8 Å². The highest BCUT2D eigenvalue weighted by Gasteiger charge is 2.69. The van der Waals surface area contributed by atoms with E-state index in [4.69, 9.17) is 42.6 Å². The largest absolute Gasteiger partial charge is 0.394 e. The lowest BCUT2D eigenvalue weighted by Gasteiger charge is -2.60. The molecular weight excluding hydrogens is 969 g/mol. The number of hydrogen-bond acceptors (Lipinski definition) is 23. The normalized spacial score (nSPS) is 55.0. The summed E-state index contributed by atoms with van der Waals surface area (Å²) in [5.74, 6) is -1.21. The topological polar surface area (TPSA) is 366 Å². The van der Waals surface area contributed by atoms with Gasteiger partial charge in [0.25, 0.3) is 0 Å². The van der Waals surface area contributed by atoms with E-state index in [1.807, 2.05) is 6.92 Å². The highest BCUT2D eigenvalue weighted by atomic mass is 16.8. The molecule has 8 fully saturated rings. The summed E-state index contributed by atoms with van der Waals surface area (Å²) >= 11 is 0. The first kappa shape index (κ1) is 56.3. The molecule has 5 aliphatic heterocycles. The van der Waals surface area contributed by atoms with Crippen LogP contribution in [0.5, 0.6) is 0 Å². The maximum absolute atomic E-state index is 12.1. The van der Waals surface area contributed by atoms with Gasteiger partial charge in [0.2, 0.25) is 0 Å². The molecule has 5 saturated heterocycles. The highest BCUT2D eigenvalue weighted by Crippen LogP contribution is 2.70. The van der Waals surface area contributed by atoms with E-state index in [0.717, 1.165) is 24.8 Å². The van der Waals surface area contributed by atoms with E-state index >= 15 is 0 Å². The second-order valence-corrected chi connectivity index (χ2v) is 23.0. The lowest BCUT2D eigenvalue weighted by Crippen LogP contribution is -2.65. The zero-order valence-corrected chi connectivity index (χ0v) is 41.8. The molecule has 0 aromatic rings. The van der Waals surface area contributed by atoms with Gasteiger partial charge in [-0.25, -0.2) is 0 Å². The summed E-state index contributed by atoms with van der Waals surface area (Å²) in [5, 5.41) is 150. The molecule has 0 amide bonds. The molecule has 14 N–H and O–H groups in total. The number of aliphatic hydroxyl groups excluding tert-OH is 13. The molecule has 23 heteroatoms. The van der Waals surface area contributed by atoms with Crippen LogP contribution in [0.1, 0.15) is 79.1 Å². The molecule has 418 valence electrons. The molecule has 0 bridgehead atoms. The number of hydrogen-bond donors (Lipinski definition) is 14. The highest BCUT2D eigenvalue weighted by molar-refractivity contribution is 5.29. The minimum Gasteiger partial charge on any atom is -0.394 e. The number of ether oxygens (including phenoxy) is 9. The van der Waals surface area contributed by atoms with Crippen LogP contribution in [-0.4, -0.2) is 239 Å². The molecular formula is C50H80O23. The Kier molecular flexibility index (Phi) is 16.7. The predicted molar refractivity (Wildman–Crippen MR) is 246 cm³/mol. The van der Waals surface area contributed by atoms with Gasteiger partial charge >= 0.3 is 0 Å². The van der Waals surface area contributed by atoms with Crippen LogP contribution in [0.15, 0.2) is 23.8 Å². The molecule has 73 heavy (non-hydrogen) atoms. The molecule has 23 nitrogen and oxygen atoms in total. The molecule has 9 rings (SSSR count). The van der Waals surface area contributed by atoms with Gasteiger partial charge in [-0.15, -0.1) is 0 Å². The Balaban J connectivity index is 0.866. The Labute approximate surface area is 423 Å². The van der Waals surface area contributed by atoms with Crippen molar-refractivity contribution in [2.45, 2.75) is 220 Å². The summed E-state index contributed by atoms with van der Waals surface area (Å²) < 4.78 is 54.1. The SMILES string of the molecule is C=C(CC[C@@]1(O)O[C@H]2C[C@H]3[C@@H]4CC=C5C[C@@H](O)C[C@@H](O[C@@H]6OC[C@@H](O)[C@@H](O)[C@H]6O[C@@H]6O[C@@H](C)[C@H](O)[C@H](O[C@@H]7O[C@H](CO)[C@H](O)[C@H](O)[C@@H]7O)[C@H]6O)[C@]5(C)[C@H]4CC[C@]3(C)[C@H]2[C@H]1C)CO[C@@H]1O[C@H](CO)[C@H](O)[C@@H](O)[C@@H]1O. The van der Waals surface area contributed by atoms with Crippen LogP contribution in [-0.2, 0) is 42.6 Å². The molecule has 0 radical (unpaired) electrons. The predicted octanol–water partition coefficient (Wildman–Crippen LogP) is -3.48. The van der Waals surface area contributed by atoms with E-state index in [1.54, 1.807) is 0 Å². The van der Waals surface area contributed by atoms with Crippen LogP contribution < -0.4 is 0 Å². The lowest BCUT2D eigenvalue weighted by atomic mass is 9.46. The second-order valence-electron chi connectivity index (χ2n) is 23.0. The Hall–Kier alpha value is -1.44. The van der Waals surface area contributed by atoms with Gasteiger partial charge in [0.1, 0.15) is 85.5 Å². The fourth-order valence-corrected chi connectivity index (χ4v) is 14.6. The van der Waals surface area contributed by atoms with Crippen molar-refractivity contribution in [3.8, 4) is 0 Å². The van der Waals surface area contributed by atoms with Gasteiger partial charge in [-0.05, 0) is 74.5 Å². The van der Waals surface area contributed by atoms with Gasteiger partial charge in [0, 0.05) is 24.2 Å². The molecule has 9 aliphatic rings. The van der Waals surface area contributed by atoms with Gasteiger partial charge in [-0.3, -0.25) is 0 Å². The summed E-state index contributed by atoms with van der Waals surface area (Å²) in [6, 6.07) is 0. The minimum atomic E-state index is -1.85. The summed E-state index contributed by atoms with van der Waals surface area (Å²) in [5.41, 5.74) is 0.794. The first-order chi connectivity index (χ1) is 34.5. The minimum absolute atomic E-state index is 0.0327. The average Bonchev–Trinajstić information content (AvgIpc) is 3.80. The van der Waals surface area contributed by atoms with Crippen molar-refractivity contribution in [1.82, 2.24) is 0 Å². The zero-order valence-electron chi connectivity index (χ0n) is 41.8. The van der Waals surface area contributed by atoms with Crippen LogP contribution in [0, 0.1) is 40.4 Å². The van der Waals surface area contributed by atoms with Gasteiger partial charge in [0.05, 0.1) is 50.8 Å². The van der Waals surface area contributed by atoms with E-state index < -0.39 is 153 Å². The Morgan fingerprint density at radius 1 is 0.712 bits per heavy atom. The maximum Gasteiger partial charge on any atom is 0.187 e.